The molecular weight excluding hydrogens is 246 g/mol. The molecule has 3 nitrogen and oxygen atoms in total. The van der Waals surface area contributed by atoms with Gasteiger partial charge in [0.2, 0.25) is 0 Å². The number of nitrogen functional groups attached to an aromatic ring is 1. The van der Waals surface area contributed by atoms with Gasteiger partial charge in [0.05, 0.1) is 0 Å². The van der Waals surface area contributed by atoms with E-state index in [-0.39, 0.29) is 0 Å². The summed E-state index contributed by atoms with van der Waals surface area (Å²) in [5.74, 6) is 0.868. The Morgan fingerprint density at radius 3 is 2.70 bits per heavy atom. The lowest BCUT2D eigenvalue weighted by molar-refractivity contribution is 0.647. The average molecular weight is 269 g/mol. The molecule has 1 aromatic heterocycles. The Kier molecular flexibility index (Phi) is 3.28. The van der Waals surface area contributed by atoms with Crippen LogP contribution in [0.5, 0.6) is 0 Å². The van der Waals surface area contributed by atoms with Crippen LogP contribution in [0.1, 0.15) is 32.4 Å². The lowest BCUT2D eigenvalue weighted by Gasteiger charge is -2.30. The molecular formula is C17H23N3. The van der Waals surface area contributed by atoms with Crippen molar-refractivity contribution in [3.63, 3.8) is 0 Å². The van der Waals surface area contributed by atoms with E-state index in [2.05, 4.69) is 35.9 Å². The molecule has 3 heteroatoms. The molecule has 1 heterocycles. The minimum absolute atomic E-state index is 0.496. The molecule has 0 atom stereocenters. The van der Waals surface area contributed by atoms with Gasteiger partial charge in [-0.15, -0.1) is 0 Å². The van der Waals surface area contributed by atoms with Gasteiger partial charge in [0.25, 0.3) is 0 Å². The predicted octanol–water partition coefficient (Wildman–Crippen LogP) is 3.75. The number of anilines is 2. The van der Waals surface area contributed by atoms with Crippen LogP contribution in [0.15, 0.2) is 24.4 Å². The minimum atomic E-state index is 0.496. The highest BCUT2D eigenvalue weighted by Crippen LogP contribution is 2.36. The van der Waals surface area contributed by atoms with E-state index in [1.165, 1.54) is 23.9 Å². The van der Waals surface area contributed by atoms with E-state index in [1.54, 1.807) is 0 Å². The fraction of sp³-hybridized carbons (Fsp3) is 0.471. The van der Waals surface area contributed by atoms with Crippen LogP contribution in [0.2, 0.25) is 0 Å². The molecule has 2 N–H and O–H groups in total. The van der Waals surface area contributed by atoms with E-state index in [4.69, 9.17) is 5.73 Å². The zero-order valence-electron chi connectivity index (χ0n) is 12.6. The third-order valence-corrected chi connectivity index (χ3v) is 4.13. The summed E-state index contributed by atoms with van der Waals surface area (Å²) in [6, 6.07) is 6.83. The summed E-state index contributed by atoms with van der Waals surface area (Å²) in [5.41, 5.74) is 9.25. The molecule has 0 bridgehead atoms. The van der Waals surface area contributed by atoms with E-state index in [0.717, 1.165) is 29.2 Å². The molecule has 0 spiro atoms. The third-order valence-electron chi connectivity index (χ3n) is 4.13. The summed E-state index contributed by atoms with van der Waals surface area (Å²) in [4.78, 5) is 6.90. The number of fused-ring (bicyclic) bond motifs is 1. The van der Waals surface area contributed by atoms with Crippen molar-refractivity contribution in [2.24, 2.45) is 5.92 Å². The Labute approximate surface area is 120 Å². The van der Waals surface area contributed by atoms with Gasteiger partial charge in [-0.3, -0.25) is 4.98 Å². The van der Waals surface area contributed by atoms with E-state index in [1.807, 2.05) is 19.2 Å². The van der Waals surface area contributed by atoms with Gasteiger partial charge in [-0.05, 0) is 57.7 Å². The van der Waals surface area contributed by atoms with Crippen molar-refractivity contribution < 1.29 is 0 Å². The molecule has 106 valence electrons. The maximum Gasteiger partial charge on any atom is 0.0451 e. The first-order valence-electron chi connectivity index (χ1n) is 7.47. The predicted molar refractivity (Wildman–Crippen MR) is 86.1 cm³/mol. The van der Waals surface area contributed by atoms with Gasteiger partial charge in [0.15, 0.2) is 0 Å². The number of nitrogens with zero attached hydrogens (tertiary/aromatic N) is 2. The second kappa shape index (κ2) is 4.97. The maximum absolute atomic E-state index is 6.11. The van der Waals surface area contributed by atoms with Crippen LogP contribution in [0, 0.1) is 12.8 Å². The fourth-order valence-electron chi connectivity index (χ4n) is 2.77. The molecule has 1 saturated carbocycles. The largest absolute Gasteiger partial charge is 0.398 e. The quantitative estimate of drug-likeness (QED) is 0.859. The summed E-state index contributed by atoms with van der Waals surface area (Å²) >= 11 is 0. The molecule has 1 fully saturated rings. The SMILES string of the molecule is Cc1cc2c(N(CC3CC3)C(C)C)ccc(N)c2cn1. The highest BCUT2D eigenvalue weighted by Gasteiger charge is 2.26. The molecule has 0 radical (unpaired) electrons. The van der Waals surface area contributed by atoms with Crippen molar-refractivity contribution in [2.75, 3.05) is 17.2 Å². The highest BCUT2D eigenvalue weighted by atomic mass is 15.2. The molecule has 1 aliphatic rings. The number of hydrogen-bond donors (Lipinski definition) is 1. The van der Waals surface area contributed by atoms with Gasteiger partial charge in [0.1, 0.15) is 0 Å². The number of rotatable bonds is 4. The van der Waals surface area contributed by atoms with Crippen molar-refractivity contribution in [2.45, 2.75) is 39.7 Å². The smallest absolute Gasteiger partial charge is 0.0451 e. The standard InChI is InChI=1S/C17H23N3/c1-11(2)20(10-13-4-5-13)17-7-6-16(18)15-9-19-12(3)8-14(15)17/h6-9,11,13H,4-5,10,18H2,1-3H3. The first kappa shape index (κ1) is 13.2. The number of aromatic nitrogens is 1. The molecule has 3 rings (SSSR count). The molecule has 0 amide bonds. The van der Waals surface area contributed by atoms with E-state index in [9.17, 15) is 0 Å². The van der Waals surface area contributed by atoms with Crippen molar-refractivity contribution in [3.05, 3.63) is 30.1 Å². The second-order valence-corrected chi connectivity index (χ2v) is 6.23. The van der Waals surface area contributed by atoms with Gasteiger partial charge < -0.3 is 10.6 Å². The summed E-state index contributed by atoms with van der Waals surface area (Å²) in [7, 11) is 0. The maximum atomic E-state index is 6.11. The van der Waals surface area contributed by atoms with Gasteiger partial charge >= 0.3 is 0 Å². The Hall–Kier alpha value is -1.77. The lowest BCUT2D eigenvalue weighted by atomic mass is 10.1. The second-order valence-electron chi connectivity index (χ2n) is 6.23. The van der Waals surface area contributed by atoms with Gasteiger partial charge in [0, 0.05) is 46.6 Å². The molecule has 0 saturated heterocycles. The third kappa shape index (κ3) is 2.45. The summed E-state index contributed by atoms with van der Waals surface area (Å²) < 4.78 is 0. The molecule has 1 aromatic carbocycles. The molecule has 1 aliphatic carbocycles. The van der Waals surface area contributed by atoms with Gasteiger partial charge in [-0.1, -0.05) is 0 Å². The summed E-state index contributed by atoms with van der Waals surface area (Å²) in [6.07, 6.45) is 4.65. The summed E-state index contributed by atoms with van der Waals surface area (Å²) in [5, 5.41) is 2.29. The normalized spacial score (nSPS) is 15.0. The Morgan fingerprint density at radius 1 is 1.30 bits per heavy atom. The zero-order valence-corrected chi connectivity index (χ0v) is 12.6. The van der Waals surface area contributed by atoms with Crippen LogP contribution in [-0.2, 0) is 0 Å². The van der Waals surface area contributed by atoms with Crippen LogP contribution in [-0.4, -0.2) is 17.6 Å². The Morgan fingerprint density at radius 2 is 2.05 bits per heavy atom. The first-order chi connectivity index (χ1) is 9.56. The van der Waals surface area contributed by atoms with Crippen molar-refractivity contribution >= 4 is 22.1 Å². The van der Waals surface area contributed by atoms with E-state index in [0.29, 0.717) is 6.04 Å². The number of nitrogens with two attached hydrogens (primary N) is 1. The number of hydrogen-bond acceptors (Lipinski definition) is 3. The average Bonchev–Trinajstić information content (AvgIpc) is 3.20. The number of pyridine rings is 1. The van der Waals surface area contributed by atoms with Crippen molar-refractivity contribution in [1.82, 2.24) is 4.98 Å². The number of aryl methyl sites for hydroxylation is 1. The first-order valence-corrected chi connectivity index (χ1v) is 7.47. The zero-order chi connectivity index (χ0) is 14.3. The Balaban J connectivity index is 2.12. The van der Waals surface area contributed by atoms with E-state index >= 15 is 0 Å². The molecule has 0 unspecified atom stereocenters. The fourth-order valence-corrected chi connectivity index (χ4v) is 2.77. The minimum Gasteiger partial charge on any atom is -0.398 e. The topological polar surface area (TPSA) is 42.1 Å². The van der Waals surface area contributed by atoms with Crippen LogP contribution in [0.25, 0.3) is 10.8 Å². The van der Waals surface area contributed by atoms with Crippen LogP contribution >= 0.6 is 0 Å². The summed E-state index contributed by atoms with van der Waals surface area (Å²) in [6.45, 7) is 7.71. The van der Waals surface area contributed by atoms with Crippen molar-refractivity contribution in [1.29, 1.82) is 0 Å². The van der Waals surface area contributed by atoms with Crippen LogP contribution in [0.4, 0.5) is 11.4 Å². The van der Waals surface area contributed by atoms with Crippen LogP contribution < -0.4 is 10.6 Å². The van der Waals surface area contributed by atoms with Gasteiger partial charge in [-0.25, -0.2) is 0 Å². The van der Waals surface area contributed by atoms with E-state index < -0.39 is 0 Å². The number of benzene rings is 1. The molecule has 0 aliphatic heterocycles. The molecule has 2 aromatic rings. The van der Waals surface area contributed by atoms with Crippen molar-refractivity contribution in [3.8, 4) is 0 Å². The van der Waals surface area contributed by atoms with Crippen LogP contribution in [0.3, 0.4) is 0 Å². The lowest BCUT2D eigenvalue weighted by Crippen LogP contribution is -2.32. The molecule has 20 heavy (non-hydrogen) atoms. The monoisotopic (exact) mass is 269 g/mol. The van der Waals surface area contributed by atoms with Gasteiger partial charge in [-0.2, -0.15) is 0 Å². The Bertz CT molecular complexity index is 629. The highest BCUT2D eigenvalue weighted by molar-refractivity contribution is 6.01.